The minimum Gasteiger partial charge on any atom is -0.271 e. The van der Waals surface area contributed by atoms with Crippen LogP contribution in [0.1, 0.15) is 700 Å². The van der Waals surface area contributed by atoms with Crippen LogP contribution in [0.5, 0.6) is 0 Å². The van der Waals surface area contributed by atoms with E-state index in [0.717, 1.165) is 39.1 Å². The van der Waals surface area contributed by atoms with Gasteiger partial charge in [0, 0.05) is 29.7 Å². The van der Waals surface area contributed by atoms with Gasteiger partial charge < -0.3 is 0 Å². The summed E-state index contributed by atoms with van der Waals surface area (Å²) in [6.07, 6.45) is 134. The lowest BCUT2D eigenvalue weighted by atomic mass is 9.86. The average Bonchev–Trinajstić information content (AvgIpc) is 1.64. The van der Waals surface area contributed by atoms with Crippen LogP contribution >= 0.6 is 0 Å². The van der Waals surface area contributed by atoms with Crippen molar-refractivity contribution in [2.45, 2.75) is 729 Å². The average molecular weight is 2030 g/mol. The molecule has 6 aliphatic heterocycles. The second-order valence-corrected chi connectivity index (χ2v) is 45.6. The predicted octanol–water partition coefficient (Wildman–Crippen LogP) is 39.8. The fraction of sp³-hybridized carbons (Fsp3) is 0.992. The van der Waals surface area contributed by atoms with Crippen molar-refractivity contribution >= 4 is 6.34 Å². The first kappa shape index (κ1) is 138. The maximum atomic E-state index is 4.08. The third-order valence-electron chi connectivity index (χ3n) is 32.2. The van der Waals surface area contributed by atoms with Crippen LogP contribution in [0.2, 0.25) is 0 Å². The number of hydrogen-bond donors (Lipinski definition) is 7. The smallest absolute Gasteiger partial charge is 0.134 e. The molecule has 0 aliphatic carbocycles. The molecular formula is C120H252N24. The summed E-state index contributed by atoms with van der Waals surface area (Å²) in [4.78, 5) is 0. The Bertz CT molecular complexity index is 2700. The van der Waals surface area contributed by atoms with Gasteiger partial charge >= 0.3 is 0 Å². The lowest BCUT2D eigenvalue weighted by molar-refractivity contribution is 0.0592. The molecule has 7 N–H and O–H groups in total. The van der Waals surface area contributed by atoms with E-state index in [-0.39, 0.29) is 16.6 Å². The van der Waals surface area contributed by atoms with Gasteiger partial charge in [-0.1, -0.05) is 635 Å². The molecule has 0 spiro atoms. The summed E-state index contributed by atoms with van der Waals surface area (Å²) in [6, 6.07) is 1.14. The first-order valence-electron chi connectivity index (χ1n) is 64.1. The molecule has 24 nitrogen and oxygen atoms in total. The first-order valence-corrected chi connectivity index (χ1v) is 64.1. The van der Waals surface area contributed by atoms with E-state index in [4.69, 9.17) is 0 Å². The van der Waals surface area contributed by atoms with Crippen LogP contribution in [0.4, 0.5) is 0 Å². The summed E-state index contributed by atoms with van der Waals surface area (Å²) in [5.41, 5.74) is 21.4. The van der Waals surface area contributed by atoms with Crippen molar-refractivity contribution in [3.63, 3.8) is 0 Å². The van der Waals surface area contributed by atoms with E-state index in [0.29, 0.717) is 32.1 Å². The lowest BCUT2D eigenvalue weighted by Gasteiger charge is -2.39. The first-order chi connectivity index (χ1) is 70.8. The Balaban J connectivity index is 0.000000865. The summed E-state index contributed by atoms with van der Waals surface area (Å²) < 4.78 is 0. The van der Waals surface area contributed by atoms with Crippen LogP contribution in [0.3, 0.4) is 0 Å². The van der Waals surface area contributed by atoms with Gasteiger partial charge in [-0.25, -0.2) is 33.2 Å². The molecule has 0 fully saturated rings. The highest BCUT2D eigenvalue weighted by Crippen LogP contribution is 2.32. The van der Waals surface area contributed by atoms with Gasteiger partial charge in [-0.05, 0) is 91.9 Å². The van der Waals surface area contributed by atoms with Crippen molar-refractivity contribution in [1.29, 1.82) is 0 Å². The quantitative estimate of drug-likeness (QED) is 0.0281. The Kier molecular flexibility index (Phi) is 103. The van der Waals surface area contributed by atoms with Crippen molar-refractivity contribution < 1.29 is 0 Å². The summed E-state index contributed by atoms with van der Waals surface area (Å²) >= 11 is 0. The molecule has 6 aliphatic rings. The monoisotopic (exact) mass is 2030 g/mol. The molecule has 0 saturated heterocycles. The highest BCUT2D eigenvalue weighted by Gasteiger charge is 2.35. The van der Waals surface area contributed by atoms with Crippen molar-refractivity contribution in [2.75, 3.05) is 39.9 Å². The number of hydrogen-bond acceptors (Lipinski definition) is 24. The van der Waals surface area contributed by atoms with E-state index in [1.54, 1.807) is 0 Å². The van der Waals surface area contributed by atoms with Gasteiger partial charge in [0.1, 0.15) is 39.7 Å². The van der Waals surface area contributed by atoms with Gasteiger partial charge in [-0.15, -0.1) is 5.53 Å². The lowest BCUT2D eigenvalue weighted by Crippen LogP contribution is -2.53. The van der Waals surface area contributed by atoms with Gasteiger partial charge in [0.15, 0.2) is 0 Å². The molecule has 6 heterocycles. The SMILES string of the molecule is CCCCCCCCCCCCCCCCC(C)(C)N1CN=NN1.CCCCCCCCCCCCCCCCC(C)(CC)N1CN=NN1.CCCCCCCCCCCCCCCCC(C)N1CN=NN1.CCCCCCCCCCCCCCCCC(CC)(CC)N1C=NNN1.CCCCCCCCCCCCCCCCC(CC)N1CN=NN1.CCCCCCCCCCCCCCCCCN1CN=NN1. The molecule has 0 aromatic carbocycles. The number of nitrogens with zero attached hydrogens (tertiary/aromatic N) is 17. The summed E-state index contributed by atoms with van der Waals surface area (Å²) in [7, 11) is 0. The summed E-state index contributed by atoms with van der Waals surface area (Å²) in [6.45, 7) is 36.6. The van der Waals surface area contributed by atoms with E-state index < -0.39 is 0 Å². The molecule has 0 aromatic heterocycles. The van der Waals surface area contributed by atoms with Gasteiger partial charge in [0.05, 0.1) is 5.54 Å². The zero-order valence-electron chi connectivity index (χ0n) is 99.0. The minimum atomic E-state index is 0.153. The molecule has 0 bridgehead atoms. The van der Waals surface area contributed by atoms with E-state index in [1.807, 2.05) is 6.34 Å². The maximum absolute atomic E-state index is 4.08. The van der Waals surface area contributed by atoms with Crippen molar-refractivity contribution in [1.82, 2.24) is 68.8 Å². The van der Waals surface area contributed by atoms with Gasteiger partial charge in [-0.3, -0.25) is 5.01 Å². The topological polar surface area (TPSA) is 240 Å². The Morgan fingerprint density at radius 3 is 0.785 bits per heavy atom. The highest BCUT2D eigenvalue weighted by molar-refractivity contribution is 5.56. The van der Waals surface area contributed by atoms with Crippen LogP contribution in [0.15, 0.2) is 56.8 Å². The van der Waals surface area contributed by atoms with Crippen LogP contribution < -0.4 is 38.7 Å². The zero-order valence-corrected chi connectivity index (χ0v) is 99.0. The highest BCUT2D eigenvalue weighted by atomic mass is 15.8. The van der Waals surface area contributed by atoms with E-state index in [1.165, 1.54) is 584 Å². The Labute approximate surface area is 895 Å². The molecule has 0 radical (unpaired) electrons. The van der Waals surface area contributed by atoms with E-state index in [2.05, 4.69) is 223 Å². The Morgan fingerprint density at radius 1 is 0.250 bits per heavy atom. The van der Waals surface area contributed by atoms with E-state index >= 15 is 0 Å². The molecule has 3 atom stereocenters. The van der Waals surface area contributed by atoms with Gasteiger partial charge in [0.25, 0.3) is 0 Å². The standard InChI is InChI=1S/C22H46N4.C21H44N4.2C20H42N4.C19H40N4.C18H38N4/c1-4-7-8-9-10-11-12-13-14-15-16-17-18-19-20-22(5-2,6-3)26-21-23-24-25-26;1-4-6-7-8-9-10-11-12-13-14-15-16-17-18-19-21(3,5-2)25-20-22-23-24-25;1-4-5-6-7-8-9-10-11-12-13-14-15-16-17-18-20(2,3)24-19-21-22-23-24;1-3-5-6-7-8-9-10-11-12-13-14-15-16-17-18-20(4-2)24-19-21-22-23-24;1-3-4-5-6-7-8-9-10-11-12-13-14-15-16-17-19(2)23-18-20-21-22-23;1-2-3-4-5-6-7-8-9-10-11-12-13-14-15-16-17-22-18-19-20-21-22/h21,24-25H,4-20H2,1-3H3;4-20H2,1-3H3,(H,22,24);4-19H2,1-3H3,(H,21,23);20H,3-19H2,1-2H3,(H,21,23);19H,3-18H2,1-2H3,(H,20,22);2-18H2,1H3,(H,19,21). The fourth-order valence-corrected chi connectivity index (χ4v) is 21.1. The molecule has 24 heteroatoms. The largest absolute Gasteiger partial charge is 0.271 e. The summed E-state index contributed by atoms with van der Waals surface area (Å²) in [5, 5.41) is 55.9. The normalized spacial score (nSPS) is 15.4. The number of nitrogens with one attached hydrogen (secondary N) is 7. The molecule has 6 rings (SSSR count). The maximum Gasteiger partial charge on any atom is 0.134 e. The second kappa shape index (κ2) is 107. The molecule has 0 amide bonds. The van der Waals surface area contributed by atoms with E-state index in [9.17, 15) is 0 Å². The minimum absolute atomic E-state index is 0.153. The molecule has 0 saturated carbocycles. The third-order valence-corrected chi connectivity index (χ3v) is 32.2. The summed E-state index contributed by atoms with van der Waals surface area (Å²) in [5.74, 6) is 0. The van der Waals surface area contributed by atoms with Crippen LogP contribution in [-0.4, -0.2) is 105 Å². The molecule has 144 heavy (non-hydrogen) atoms. The van der Waals surface area contributed by atoms with Gasteiger partial charge in [-0.2, -0.15) is 55.7 Å². The molecule has 3 unspecified atom stereocenters. The molecular weight excluding hydrogens is 1780 g/mol. The Hall–Kier alpha value is -3.97. The zero-order chi connectivity index (χ0) is 104. The van der Waals surface area contributed by atoms with Gasteiger partial charge in [0.2, 0.25) is 0 Å². The number of hydrazone groups is 1. The van der Waals surface area contributed by atoms with Crippen LogP contribution in [-0.2, 0) is 0 Å². The molecule has 0 aromatic rings. The number of hydrazine groups is 7. The Morgan fingerprint density at radius 2 is 0.514 bits per heavy atom. The second-order valence-electron chi connectivity index (χ2n) is 45.6. The van der Waals surface area contributed by atoms with Crippen molar-refractivity contribution in [2.24, 2.45) is 56.8 Å². The van der Waals surface area contributed by atoms with Crippen LogP contribution in [0.25, 0.3) is 0 Å². The van der Waals surface area contributed by atoms with Crippen LogP contribution in [0, 0.1) is 0 Å². The number of unbranched alkanes of at least 4 members (excludes halogenated alkanes) is 79. The van der Waals surface area contributed by atoms with Crippen molar-refractivity contribution in [3.05, 3.63) is 0 Å². The molecule has 852 valence electrons. The number of rotatable bonds is 100. The predicted molar refractivity (Wildman–Crippen MR) is 624 cm³/mol. The fourth-order valence-electron chi connectivity index (χ4n) is 21.1. The van der Waals surface area contributed by atoms with Crippen molar-refractivity contribution in [3.8, 4) is 0 Å². The third kappa shape index (κ3) is 84.6.